The Hall–Kier alpha value is -2.37. The summed E-state index contributed by atoms with van der Waals surface area (Å²) in [4.78, 5) is 31.1. The Morgan fingerprint density at radius 2 is 2.00 bits per heavy atom. The predicted octanol–water partition coefficient (Wildman–Crippen LogP) is 1.98. The maximum Gasteiger partial charge on any atom is 0.410 e. The number of hydrogen-bond donors (Lipinski definition) is 1. The first kappa shape index (κ1) is 19.4. The Bertz CT molecular complexity index is 752. The van der Waals surface area contributed by atoms with Crippen LogP contribution in [-0.2, 0) is 22.6 Å². The van der Waals surface area contributed by atoms with Crippen molar-refractivity contribution in [1.29, 1.82) is 0 Å². The van der Waals surface area contributed by atoms with E-state index in [1.807, 2.05) is 37.8 Å². The lowest BCUT2D eigenvalue weighted by Crippen LogP contribution is -2.64. The zero-order chi connectivity index (χ0) is 19.6. The molecule has 27 heavy (non-hydrogen) atoms. The number of nitrogens with zero attached hydrogens (tertiary/aromatic N) is 2. The number of ether oxygens (including phenoxy) is 1. The molecule has 0 saturated carbocycles. The van der Waals surface area contributed by atoms with Crippen LogP contribution in [0.1, 0.15) is 51.7 Å². The first-order valence-corrected chi connectivity index (χ1v) is 9.67. The van der Waals surface area contributed by atoms with E-state index in [0.29, 0.717) is 19.0 Å². The molecule has 1 aromatic carbocycles. The number of fused-ring (bicyclic) bond motifs is 1. The molecule has 6 nitrogen and oxygen atoms in total. The first-order valence-electron chi connectivity index (χ1n) is 9.67. The molecule has 0 spiro atoms. The first-order chi connectivity index (χ1) is 12.7. The van der Waals surface area contributed by atoms with Crippen LogP contribution in [0, 0.1) is 5.92 Å². The zero-order valence-corrected chi connectivity index (χ0v) is 16.7. The second-order valence-electron chi connectivity index (χ2n) is 8.46. The summed E-state index contributed by atoms with van der Waals surface area (Å²) in [7, 11) is 0. The molecule has 2 amide bonds. The van der Waals surface area contributed by atoms with Crippen LogP contribution in [0.4, 0.5) is 10.5 Å². The molecule has 1 atom stereocenters. The summed E-state index contributed by atoms with van der Waals surface area (Å²) in [6.07, 6.45) is 3.93. The molecule has 1 aromatic rings. The van der Waals surface area contributed by atoms with Crippen molar-refractivity contribution in [3.63, 3.8) is 0 Å². The summed E-state index contributed by atoms with van der Waals surface area (Å²) in [6.45, 7) is 10.0. The molecule has 0 aliphatic carbocycles. The van der Waals surface area contributed by atoms with E-state index >= 15 is 0 Å². The minimum atomic E-state index is -0.496. The number of piperidine rings is 1. The molecular formula is C21H30N3O3+. The van der Waals surface area contributed by atoms with E-state index in [2.05, 4.69) is 17.3 Å². The Balaban J connectivity index is 1.69. The van der Waals surface area contributed by atoms with Crippen molar-refractivity contribution < 1.29 is 19.3 Å². The SMILES string of the molecule is CC(=O)N1CCCC(C=[NH+]c2cccc3c2CN(C(=O)OC(C)(C)C)C3)C1. The van der Waals surface area contributed by atoms with Gasteiger partial charge in [-0.1, -0.05) is 12.1 Å². The highest BCUT2D eigenvalue weighted by Gasteiger charge is 2.30. The highest BCUT2D eigenvalue weighted by Crippen LogP contribution is 2.28. The van der Waals surface area contributed by atoms with Crippen molar-refractivity contribution >= 4 is 23.9 Å². The molecule has 0 radical (unpaired) electrons. The van der Waals surface area contributed by atoms with Gasteiger partial charge in [0.15, 0.2) is 0 Å². The lowest BCUT2D eigenvalue weighted by molar-refractivity contribution is -0.352. The van der Waals surface area contributed by atoms with Crippen LogP contribution in [0.2, 0.25) is 0 Å². The number of amides is 2. The van der Waals surface area contributed by atoms with Gasteiger partial charge in [-0.3, -0.25) is 9.69 Å². The van der Waals surface area contributed by atoms with E-state index in [1.165, 1.54) is 0 Å². The molecule has 2 heterocycles. The lowest BCUT2D eigenvalue weighted by atomic mass is 9.99. The van der Waals surface area contributed by atoms with Gasteiger partial charge < -0.3 is 9.64 Å². The second-order valence-corrected chi connectivity index (χ2v) is 8.46. The summed E-state index contributed by atoms with van der Waals surface area (Å²) >= 11 is 0. The maximum absolute atomic E-state index is 12.4. The summed E-state index contributed by atoms with van der Waals surface area (Å²) in [5, 5.41) is 0. The lowest BCUT2D eigenvalue weighted by Gasteiger charge is -2.28. The van der Waals surface area contributed by atoms with Gasteiger partial charge in [0, 0.05) is 38.2 Å². The molecule has 1 unspecified atom stereocenters. The van der Waals surface area contributed by atoms with E-state index in [1.54, 1.807) is 11.8 Å². The average Bonchev–Trinajstić information content (AvgIpc) is 3.03. The van der Waals surface area contributed by atoms with E-state index < -0.39 is 5.60 Å². The highest BCUT2D eigenvalue weighted by atomic mass is 16.6. The van der Waals surface area contributed by atoms with Crippen LogP contribution >= 0.6 is 0 Å². The van der Waals surface area contributed by atoms with Gasteiger partial charge in [-0.25, -0.2) is 9.79 Å². The molecule has 6 heteroatoms. The van der Waals surface area contributed by atoms with Crippen LogP contribution in [-0.4, -0.2) is 46.7 Å². The van der Waals surface area contributed by atoms with Crippen LogP contribution in [0.5, 0.6) is 0 Å². The summed E-state index contributed by atoms with van der Waals surface area (Å²) in [6, 6.07) is 6.11. The van der Waals surface area contributed by atoms with Crippen LogP contribution in [0.3, 0.4) is 0 Å². The Labute approximate surface area is 161 Å². The van der Waals surface area contributed by atoms with Gasteiger partial charge in [0.25, 0.3) is 0 Å². The smallest absolute Gasteiger partial charge is 0.410 e. The van der Waals surface area contributed by atoms with Gasteiger partial charge in [0.1, 0.15) is 11.8 Å². The monoisotopic (exact) mass is 372 g/mol. The topological polar surface area (TPSA) is 63.8 Å². The number of hydrogen-bond acceptors (Lipinski definition) is 3. The average molecular weight is 372 g/mol. The molecule has 2 aliphatic rings. The number of likely N-dealkylation sites (tertiary alicyclic amines) is 1. The fourth-order valence-electron chi connectivity index (χ4n) is 3.65. The molecule has 146 valence electrons. The number of carbonyl (C=O) groups is 2. The Kier molecular flexibility index (Phi) is 5.53. The summed E-state index contributed by atoms with van der Waals surface area (Å²) in [5.74, 6) is 0.476. The molecule has 1 fully saturated rings. The fraction of sp³-hybridized carbons (Fsp3) is 0.571. The minimum absolute atomic E-state index is 0.140. The van der Waals surface area contributed by atoms with Gasteiger partial charge in [0.2, 0.25) is 11.6 Å². The fourth-order valence-corrected chi connectivity index (χ4v) is 3.65. The molecule has 0 aromatic heterocycles. The van der Waals surface area contributed by atoms with E-state index in [0.717, 1.165) is 42.7 Å². The minimum Gasteiger partial charge on any atom is -0.444 e. The van der Waals surface area contributed by atoms with Crippen LogP contribution in [0.25, 0.3) is 0 Å². The Morgan fingerprint density at radius 1 is 1.22 bits per heavy atom. The molecule has 3 rings (SSSR count). The van der Waals surface area contributed by atoms with Gasteiger partial charge in [-0.15, -0.1) is 0 Å². The number of rotatable bonds is 2. The zero-order valence-electron chi connectivity index (χ0n) is 16.7. The molecule has 1 N–H and O–H groups in total. The van der Waals surface area contributed by atoms with Crippen molar-refractivity contribution in [2.24, 2.45) is 5.92 Å². The number of carbonyl (C=O) groups excluding carboxylic acids is 2. The molecule has 0 bridgehead atoms. The van der Waals surface area contributed by atoms with Gasteiger partial charge in [0.05, 0.1) is 12.5 Å². The Morgan fingerprint density at radius 3 is 2.70 bits per heavy atom. The normalized spacial score (nSPS) is 20.1. The van der Waals surface area contributed by atoms with Gasteiger partial charge in [-0.05, 0) is 39.2 Å². The van der Waals surface area contributed by atoms with Crippen molar-refractivity contribution in [3.05, 3.63) is 29.3 Å². The predicted molar refractivity (Wildman–Crippen MR) is 104 cm³/mol. The van der Waals surface area contributed by atoms with Gasteiger partial charge >= 0.3 is 6.09 Å². The standard InChI is InChI=1S/C21H29N3O3/c1-15(25)23-10-6-7-16(12-23)11-22-19-9-5-8-17-13-24(14-18(17)19)20(26)27-21(2,3)4/h5,8-9,11,16H,6-7,10,12-14H2,1-4H3/p+1. The van der Waals surface area contributed by atoms with E-state index in [4.69, 9.17) is 4.74 Å². The number of benzene rings is 1. The number of nitrogens with one attached hydrogen (secondary N) is 1. The molecular weight excluding hydrogens is 342 g/mol. The van der Waals surface area contributed by atoms with Crippen molar-refractivity contribution in [1.82, 2.24) is 9.80 Å². The largest absolute Gasteiger partial charge is 0.444 e. The van der Waals surface area contributed by atoms with Crippen LogP contribution in [0.15, 0.2) is 18.2 Å². The quantitative estimate of drug-likeness (QED) is 0.808. The van der Waals surface area contributed by atoms with Crippen LogP contribution < -0.4 is 4.99 Å². The summed E-state index contributed by atoms with van der Waals surface area (Å²) in [5.41, 5.74) is 2.82. The van der Waals surface area contributed by atoms with Crippen molar-refractivity contribution in [2.45, 2.75) is 59.2 Å². The third-order valence-electron chi connectivity index (χ3n) is 5.01. The van der Waals surface area contributed by atoms with E-state index in [-0.39, 0.29) is 12.0 Å². The van der Waals surface area contributed by atoms with E-state index in [9.17, 15) is 9.59 Å². The van der Waals surface area contributed by atoms with Crippen molar-refractivity contribution in [2.75, 3.05) is 13.1 Å². The maximum atomic E-state index is 12.4. The highest BCUT2D eigenvalue weighted by molar-refractivity contribution is 5.74. The third kappa shape index (κ3) is 4.87. The third-order valence-corrected chi connectivity index (χ3v) is 5.01. The summed E-state index contributed by atoms with van der Waals surface area (Å²) < 4.78 is 5.50. The van der Waals surface area contributed by atoms with Crippen molar-refractivity contribution in [3.8, 4) is 0 Å². The second kappa shape index (κ2) is 7.71. The molecule has 2 aliphatic heterocycles. The molecule has 1 saturated heterocycles. The van der Waals surface area contributed by atoms with Gasteiger partial charge in [-0.2, -0.15) is 0 Å².